The normalized spacial score (nSPS) is 10.4. The second-order valence-electron chi connectivity index (χ2n) is 3.24. The molecule has 0 aliphatic carbocycles. The van der Waals surface area contributed by atoms with Crippen LogP contribution in [0.1, 0.15) is 13.8 Å². The number of amides is 1. The highest BCUT2D eigenvalue weighted by Crippen LogP contribution is 2.26. The van der Waals surface area contributed by atoms with Crippen molar-refractivity contribution in [2.75, 3.05) is 7.11 Å². The first-order chi connectivity index (χ1) is 7.92. The Balaban J connectivity index is 4.92. The summed E-state index contributed by atoms with van der Waals surface area (Å²) in [7, 11) is 1.26. The quantitative estimate of drug-likeness (QED) is 0.323. The second-order valence-corrected chi connectivity index (χ2v) is 4.38. The molecule has 0 aromatic rings. The fraction of sp³-hybridized carbons (Fsp3) is 0.273. The molecule has 0 saturated carbocycles. The molecule has 0 spiro atoms. The smallest absolute Gasteiger partial charge is 0.353 e. The predicted molar refractivity (Wildman–Crippen MR) is 68.6 cm³/mol. The van der Waals surface area contributed by atoms with Crippen molar-refractivity contribution >= 4 is 24.1 Å². The van der Waals surface area contributed by atoms with Gasteiger partial charge in [0.1, 0.15) is 5.70 Å². The largest absolute Gasteiger partial charge is 0.464 e. The average molecular weight is 256 g/mol. The number of esters is 1. The lowest BCUT2D eigenvalue weighted by molar-refractivity contribution is -0.136. The standard InChI is InChI=1S/C11H16N2O3S/c1-7(2)10(17-8(3)13-6-14)5-9(12)11(15)16-4/h5-6H,3,12H2,1-2,4H3,(H,13,14)/b9-5-. The third kappa shape index (κ3) is 5.82. The Labute approximate surface area is 105 Å². The highest BCUT2D eigenvalue weighted by atomic mass is 32.2. The van der Waals surface area contributed by atoms with E-state index in [1.165, 1.54) is 24.9 Å². The Morgan fingerprint density at radius 2 is 2.06 bits per heavy atom. The lowest BCUT2D eigenvalue weighted by atomic mass is 10.3. The SMILES string of the molecule is C=C(NC=O)SC(/C=C(\N)C(=O)OC)=C(C)C. The number of carbonyl (C=O) groups is 2. The van der Waals surface area contributed by atoms with Gasteiger partial charge in [0.2, 0.25) is 6.41 Å². The Morgan fingerprint density at radius 1 is 1.47 bits per heavy atom. The van der Waals surface area contributed by atoms with Gasteiger partial charge in [-0.15, -0.1) is 0 Å². The van der Waals surface area contributed by atoms with E-state index in [1.54, 1.807) is 0 Å². The molecule has 0 unspecified atom stereocenters. The number of methoxy groups -OCH3 is 1. The van der Waals surface area contributed by atoms with Gasteiger partial charge in [0.15, 0.2) is 0 Å². The summed E-state index contributed by atoms with van der Waals surface area (Å²) in [4.78, 5) is 22.1. The molecule has 1 amide bonds. The van der Waals surface area contributed by atoms with Crippen molar-refractivity contribution in [3.05, 3.63) is 33.9 Å². The predicted octanol–water partition coefficient (Wildman–Crippen LogP) is 1.25. The van der Waals surface area contributed by atoms with E-state index >= 15 is 0 Å². The minimum absolute atomic E-state index is 0.00453. The molecule has 0 bridgehead atoms. The summed E-state index contributed by atoms with van der Waals surface area (Å²) in [5.41, 5.74) is 6.47. The van der Waals surface area contributed by atoms with E-state index in [0.717, 1.165) is 10.5 Å². The van der Waals surface area contributed by atoms with Crippen LogP contribution in [0.5, 0.6) is 0 Å². The zero-order valence-electron chi connectivity index (χ0n) is 10.1. The summed E-state index contributed by atoms with van der Waals surface area (Å²) >= 11 is 1.21. The zero-order chi connectivity index (χ0) is 13.4. The van der Waals surface area contributed by atoms with Gasteiger partial charge in [-0.1, -0.05) is 23.9 Å². The van der Waals surface area contributed by atoms with Crippen molar-refractivity contribution in [2.45, 2.75) is 13.8 Å². The summed E-state index contributed by atoms with van der Waals surface area (Å²) in [6, 6.07) is 0. The van der Waals surface area contributed by atoms with E-state index in [1.807, 2.05) is 13.8 Å². The van der Waals surface area contributed by atoms with Gasteiger partial charge >= 0.3 is 5.97 Å². The first kappa shape index (κ1) is 15.3. The highest BCUT2D eigenvalue weighted by molar-refractivity contribution is 8.06. The number of allylic oxidation sites excluding steroid dienone is 2. The van der Waals surface area contributed by atoms with Crippen LogP contribution in [0.25, 0.3) is 0 Å². The molecule has 0 heterocycles. The van der Waals surface area contributed by atoms with Crippen LogP contribution in [0.2, 0.25) is 0 Å². The average Bonchev–Trinajstić information content (AvgIpc) is 2.27. The molecular formula is C11H16N2O3S. The van der Waals surface area contributed by atoms with Gasteiger partial charge in [0.05, 0.1) is 12.1 Å². The molecule has 0 aliphatic heterocycles. The number of nitrogens with one attached hydrogen (secondary N) is 1. The van der Waals surface area contributed by atoms with Crippen molar-refractivity contribution in [2.24, 2.45) is 5.73 Å². The first-order valence-electron chi connectivity index (χ1n) is 4.72. The van der Waals surface area contributed by atoms with Crippen molar-refractivity contribution < 1.29 is 14.3 Å². The number of nitrogens with two attached hydrogens (primary N) is 1. The number of hydrogen-bond acceptors (Lipinski definition) is 5. The van der Waals surface area contributed by atoms with Gasteiger partial charge in [-0.3, -0.25) is 4.79 Å². The van der Waals surface area contributed by atoms with E-state index < -0.39 is 5.97 Å². The molecule has 0 atom stereocenters. The zero-order valence-corrected chi connectivity index (χ0v) is 10.9. The summed E-state index contributed by atoms with van der Waals surface area (Å²) in [6.07, 6.45) is 2.02. The van der Waals surface area contributed by atoms with Gasteiger partial charge < -0.3 is 15.8 Å². The van der Waals surface area contributed by atoms with Crippen LogP contribution < -0.4 is 11.1 Å². The minimum atomic E-state index is -0.599. The molecule has 0 fully saturated rings. The van der Waals surface area contributed by atoms with Crippen LogP contribution in [0, 0.1) is 0 Å². The van der Waals surface area contributed by atoms with Gasteiger partial charge in [-0.25, -0.2) is 4.79 Å². The Bertz CT molecular complexity index is 382. The first-order valence-corrected chi connectivity index (χ1v) is 5.54. The van der Waals surface area contributed by atoms with Crippen LogP contribution in [0.15, 0.2) is 33.9 Å². The third-order valence-corrected chi connectivity index (χ3v) is 2.76. The topological polar surface area (TPSA) is 81.4 Å². The third-order valence-electron chi connectivity index (χ3n) is 1.65. The summed E-state index contributed by atoms with van der Waals surface area (Å²) in [6.45, 7) is 7.36. The number of thioether (sulfide) groups is 1. The molecule has 0 aromatic carbocycles. The molecule has 94 valence electrons. The fourth-order valence-electron chi connectivity index (χ4n) is 0.822. The lowest BCUT2D eigenvalue weighted by Crippen LogP contribution is -2.13. The summed E-state index contributed by atoms with van der Waals surface area (Å²) < 4.78 is 4.49. The monoisotopic (exact) mass is 256 g/mol. The molecule has 0 aromatic heterocycles. The molecule has 0 radical (unpaired) electrons. The molecule has 0 aliphatic rings. The summed E-state index contributed by atoms with van der Waals surface area (Å²) in [5.74, 6) is -0.599. The molecule has 0 saturated heterocycles. The number of carbonyl (C=O) groups excluding carboxylic acids is 2. The summed E-state index contributed by atoms with van der Waals surface area (Å²) in [5, 5.41) is 2.86. The van der Waals surface area contributed by atoms with Crippen molar-refractivity contribution in [3.63, 3.8) is 0 Å². The number of ether oxygens (including phenoxy) is 1. The Hall–Kier alpha value is -1.69. The van der Waals surface area contributed by atoms with E-state index in [-0.39, 0.29) is 5.70 Å². The van der Waals surface area contributed by atoms with E-state index in [2.05, 4.69) is 16.6 Å². The van der Waals surface area contributed by atoms with Gasteiger partial charge in [-0.2, -0.15) is 0 Å². The van der Waals surface area contributed by atoms with Crippen LogP contribution in [0.4, 0.5) is 0 Å². The van der Waals surface area contributed by atoms with Crippen molar-refractivity contribution in [1.29, 1.82) is 0 Å². The lowest BCUT2D eigenvalue weighted by Gasteiger charge is -2.07. The van der Waals surface area contributed by atoms with Gasteiger partial charge in [0.25, 0.3) is 0 Å². The fourth-order valence-corrected chi connectivity index (χ4v) is 1.58. The molecule has 0 rings (SSSR count). The van der Waals surface area contributed by atoms with E-state index in [9.17, 15) is 9.59 Å². The van der Waals surface area contributed by atoms with Crippen LogP contribution in [-0.4, -0.2) is 19.5 Å². The Morgan fingerprint density at radius 3 is 2.47 bits per heavy atom. The maximum atomic E-state index is 11.1. The molecular weight excluding hydrogens is 240 g/mol. The maximum absolute atomic E-state index is 11.1. The molecule has 3 N–H and O–H groups in total. The van der Waals surface area contributed by atoms with Crippen LogP contribution in [-0.2, 0) is 14.3 Å². The molecule has 5 nitrogen and oxygen atoms in total. The maximum Gasteiger partial charge on any atom is 0.353 e. The van der Waals surface area contributed by atoms with Gasteiger partial charge in [-0.05, 0) is 19.9 Å². The molecule has 17 heavy (non-hydrogen) atoms. The van der Waals surface area contributed by atoms with Crippen LogP contribution >= 0.6 is 11.8 Å². The van der Waals surface area contributed by atoms with E-state index in [4.69, 9.17) is 5.73 Å². The Kier molecular flexibility index (Phi) is 6.81. The number of rotatable bonds is 6. The highest BCUT2D eigenvalue weighted by Gasteiger charge is 2.08. The minimum Gasteiger partial charge on any atom is -0.464 e. The van der Waals surface area contributed by atoms with Crippen LogP contribution in [0.3, 0.4) is 0 Å². The second kappa shape index (κ2) is 7.56. The molecule has 6 heteroatoms. The van der Waals surface area contributed by atoms with Gasteiger partial charge in [0, 0.05) is 4.91 Å². The van der Waals surface area contributed by atoms with Crippen molar-refractivity contribution in [1.82, 2.24) is 5.32 Å². The number of hydrogen-bond donors (Lipinski definition) is 2. The van der Waals surface area contributed by atoms with Crippen molar-refractivity contribution in [3.8, 4) is 0 Å². The van der Waals surface area contributed by atoms with E-state index in [0.29, 0.717) is 11.4 Å².